The second kappa shape index (κ2) is 7.57. The van der Waals surface area contributed by atoms with Crippen molar-refractivity contribution in [1.29, 1.82) is 0 Å². The lowest BCUT2D eigenvalue weighted by Crippen LogP contribution is -3.15. The number of hydrogen-bond acceptors (Lipinski definition) is 3. The summed E-state index contributed by atoms with van der Waals surface area (Å²) in [6, 6.07) is 15.6. The van der Waals surface area contributed by atoms with E-state index >= 15 is 0 Å². The number of piperidine rings is 1. The van der Waals surface area contributed by atoms with E-state index in [2.05, 4.69) is 6.92 Å². The highest BCUT2D eigenvalue weighted by atomic mass is 16.4. The zero-order chi connectivity index (χ0) is 18.8. The van der Waals surface area contributed by atoms with Gasteiger partial charge in [0.15, 0.2) is 5.58 Å². The van der Waals surface area contributed by atoms with Gasteiger partial charge in [-0.15, -0.1) is 0 Å². The third-order valence-corrected chi connectivity index (χ3v) is 5.85. The zero-order valence-corrected chi connectivity index (χ0v) is 15.7. The van der Waals surface area contributed by atoms with Gasteiger partial charge < -0.3 is 14.4 Å². The summed E-state index contributed by atoms with van der Waals surface area (Å²) >= 11 is 0. The van der Waals surface area contributed by atoms with Crippen molar-refractivity contribution in [2.75, 3.05) is 6.54 Å². The van der Waals surface area contributed by atoms with E-state index in [9.17, 15) is 9.90 Å². The van der Waals surface area contributed by atoms with Crippen molar-refractivity contribution < 1.29 is 14.4 Å². The molecule has 0 bridgehead atoms. The van der Waals surface area contributed by atoms with Gasteiger partial charge in [-0.05, 0) is 48.9 Å². The summed E-state index contributed by atoms with van der Waals surface area (Å²) < 4.78 is 5.62. The molecule has 2 N–H and O–H groups in total. The molecule has 2 heterocycles. The van der Waals surface area contributed by atoms with Crippen molar-refractivity contribution in [2.24, 2.45) is 0 Å². The van der Waals surface area contributed by atoms with Crippen molar-refractivity contribution in [1.82, 2.24) is 0 Å². The van der Waals surface area contributed by atoms with Crippen LogP contribution < -0.4 is 10.5 Å². The number of benzene rings is 2. The van der Waals surface area contributed by atoms with Crippen molar-refractivity contribution in [2.45, 2.75) is 45.2 Å². The van der Waals surface area contributed by atoms with E-state index in [1.807, 2.05) is 36.4 Å². The van der Waals surface area contributed by atoms with Gasteiger partial charge in [0.05, 0.1) is 18.2 Å². The quantitative estimate of drug-likeness (QED) is 0.697. The van der Waals surface area contributed by atoms with E-state index in [0.29, 0.717) is 18.2 Å². The summed E-state index contributed by atoms with van der Waals surface area (Å²) in [5, 5.41) is 11.4. The lowest BCUT2D eigenvalue weighted by atomic mass is 9.97. The van der Waals surface area contributed by atoms with Crippen LogP contribution in [-0.4, -0.2) is 17.7 Å². The third-order valence-electron chi connectivity index (χ3n) is 5.85. The lowest BCUT2D eigenvalue weighted by molar-refractivity contribution is -0.944. The number of rotatable bonds is 4. The van der Waals surface area contributed by atoms with Crippen LogP contribution in [0.3, 0.4) is 0 Å². The summed E-state index contributed by atoms with van der Waals surface area (Å²) in [6.07, 6.45) is 4.82. The molecule has 1 fully saturated rings. The van der Waals surface area contributed by atoms with Gasteiger partial charge in [-0.1, -0.05) is 37.3 Å². The third kappa shape index (κ3) is 3.50. The highest BCUT2D eigenvalue weighted by Crippen LogP contribution is 2.32. The van der Waals surface area contributed by atoms with E-state index in [0.717, 1.165) is 35.0 Å². The molecule has 2 unspecified atom stereocenters. The maximum Gasteiger partial charge on any atom is 0.336 e. The number of likely N-dealkylation sites (tertiary alicyclic amines) is 1. The van der Waals surface area contributed by atoms with Gasteiger partial charge in [-0.3, -0.25) is 0 Å². The molecule has 4 rings (SSSR count). The van der Waals surface area contributed by atoms with Crippen molar-refractivity contribution in [3.63, 3.8) is 0 Å². The lowest BCUT2D eigenvalue weighted by Gasteiger charge is -2.32. The number of aromatic hydroxyl groups is 1. The molecule has 0 radical (unpaired) electrons. The Morgan fingerprint density at radius 2 is 1.96 bits per heavy atom. The van der Waals surface area contributed by atoms with Gasteiger partial charge in [0.1, 0.15) is 12.3 Å². The summed E-state index contributed by atoms with van der Waals surface area (Å²) in [5.74, 6) is 0.212. The first-order valence-electron chi connectivity index (χ1n) is 9.86. The fraction of sp³-hybridized carbons (Fsp3) is 0.348. The maximum absolute atomic E-state index is 12.3. The number of phenolic OH excluding ortho intramolecular Hbond substituents is 1. The van der Waals surface area contributed by atoms with Crippen LogP contribution in [-0.2, 0) is 6.54 Å². The molecule has 2 aromatic carbocycles. The molecule has 140 valence electrons. The monoisotopic (exact) mass is 364 g/mol. The molecular formula is C23H26NO3+. The van der Waals surface area contributed by atoms with E-state index in [4.69, 9.17) is 4.42 Å². The van der Waals surface area contributed by atoms with E-state index in [1.165, 1.54) is 24.2 Å². The smallest absolute Gasteiger partial charge is 0.336 e. The summed E-state index contributed by atoms with van der Waals surface area (Å²) in [5.41, 5.74) is 2.72. The SMILES string of the molecule is CCC1CCCC[NH+]1Cc1c(O)ccc2c(-c3ccccc3)cc(=O)oc12. The van der Waals surface area contributed by atoms with Gasteiger partial charge >= 0.3 is 5.63 Å². The Kier molecular flexibility index (Phi) is 4.99. The number of quaternary nitrogens is 1. The standard InChI is InChI=1S/C23H25NO3/c1-2-17-10-6-7-13-24(17)15-20-21(25)12-11-18-19(14-22(26)27-23(18)20)16-8-4-3-5-9-16/h3-5,8-9,11-12,14,17,25H,2,6-7,10,13,15H2,1H3/p+1. The Balaban J connectivity index is 1.85. The van der Waals surface area contributed by atoms with Gasteiger partial charge in [-0.2, -0.15) is 0 Å². The molecule has 0 aliphatic carbocycles. The van der Waals surface area contributed by atoms with E-state index < -0.39 is 0 Å². The fourth-order valence-electron chi connectivity index (χ4n) is 4.40. The van der Waals surface area contributed by atoms with Crippen LogP contribution in [0, 0.1) is 0 Å². The van der Waals surface area contributed by atoms with E-state index in [1.54, 1.807) is 12.1 Å². The van der Waals surface area contributed by atoms with Crippen molar-refractivity contribution >= 4 is 11.0 Å². The van der Waals surface area contributed by atoms with Crippen LogP contribution in [0.4, 0.5) is 0 Å². The molecule has 27 heavy (non-hydrogen) atoms. The van der Waals surface area contributed by atoms with Gasteiger partial charge in [-0.25, -0.2) is 4.79 Å². The molecule has 4 heteroatoms. The van der Waals surface area contributed by atoms with Crippen LogP contribution in [0.25, 0.3) is 22.1 Å². The molecule has 4 nitrogen and oxygen atoms in total. The highest BCUT2D eigenvalue weighted by molar-refractivity contribution is 5.95. The van der Waals surface area contributed by atoms with Crippen molar-refractivity contribution in [3.05, 3.63) is 64.5 Å². The minimum Gasteiger partial charge on any atom is -0.507 e. The average Bonchev–Trinajstić information content (AvgIpc) is 2.70. The molecule has 2 atom stereocenters. The first-order valence-corrected chi connectivity index (χ1v) is 9.86. The molecular weight excluding hydrogens is 338 g/mol. The second-order valence-corrected chi connectivity index (χ2v) is 7.47. The normalized spacial score (nSPS) is 20.0. The second-order valence-electron chi connectivity index (χ2n) is 7.47. The van der Waals surface area contributed by atoms with Crippen LogP contribution in [0.2, 0.25) is 0 Å². The van der Waals surface area contributed by atoms with Gasteiger partial charge in [0.2, 0.25) is 0 Å². The minimum absolute atomic E-state index is 0.212. The van der Waals surface area contributed by atoms with Crippen LogP contribution in [0.5, 0.6) is 5.75 Å². The number of nitrogens with one attached hydrogen (secondary N) is 1. The molecule has 0 saturated carbocycles. The Labute approximate surface area is 159 Å². The largest absolute Gasteiger partial charge is 0.507 e. The predicted molar refractivity (Wildman–Crippen MR) is 107 cm³/mol. The molecule has 0 spiro atoms. The molecule has 1 aliphatic heterocycles. The minimum atomic E-state index is -0.381. The summed E-state index contributed by atoms with van der Waals surface area (Å²) in [6.45, 7) is 4.01. The summed E-state index contributed by atoms with van der Waals surface area (Å²) in [4.78, 5) is 13.8. The molecule has 0 amide bonds. The average molecular weight is 364 g/mol. The highest BCUT2D eigenvalue weighted by Gasteiger charge is 2.27. The van der Waals surface area contributed by atoms with Crippen LogP contribution >= 0.6 is 0 Å². The molecule has 3 aromatic rings. The number of fused-ring (bicyclic) bond motifs is 1. The van der Waals surface area contributed by atoms with Gasteiger partial charge in [0.25, 0.3) is 0 Å². The molecule has 1 aliphatic rings. The number of hydrogen-bond donors (Lipinski definition) is 2. The molecule has 1 saturated heterocycles. The topological polar surface area (TPSA) is 54.9 Å². The fourth-order valence-corrected chi connectivity index (χ4v) is 4.40. The number of phenols is 1. The summed E-state index contributed by atoms with van der Waals surface area (Å²) in [7, 11) is 0. The zero-order valence-electron chi connectivity index (χ0n) is 15.7. The van der Waals surface area contributed by atoms with Gasteiger partial charge in [0, 0.05) is 11.5 Å². The Morgan fingerprint density at radius 1 is 1.15 bits per heavy atom. The maximum atomic E-state index is 12.3. The molecule has 1 aromatic heterocycles. The van der Waals surface area contributed by atoms with Crippen LogP contribution in [0.15, 0.2) is 57.7 Å². The first-order chi connectivity index (χ1) is 13.2. The Hall–Kier alpha value is -2.59. The first kappa shape index (κ1) is 17.8. The van der Waals surface area contributed by atoms with Crippen molar-refractivity contribution in [3.8, 4) is 16.9 Å². The van der Waals surface area contributed by atoms with E-state index in [-0.39, 0.29) is 11.4 Å². The Morgan fingerprint density at radius 3 is 2.74 bits per heavy atom. The predicted octanol–water partition coefficient (Wildman–Crippen LogP) is 3.51. The van der Waals surface area contributed by atoms with Crippen LogP contribution in [0.1, 0.15) is 38.2 Å². The Bertz CT molecular complexity index is 994.